The number of amides is 3. The second kappa shape index (κ2) is 17.0. The lowest BCUT2D eigenvalue weighted by molar-refractivity contribution is -0.164. The number of benzene rings is 3. The van der Waals surface area contributed by atoms with Crippen molar-refractivity contribution in [3.8, 4) is 0 Å². The Kier molecular flexibility index (Phi) is 12.4. The van der Waals surface area contributed by atoms with Crippen LogP contribution in [0, 0.1) is 11.8 Å². The summed E-state index contributed by atoms with van der Waals surface area (Å²) in [6.07, 6.45) is -0.797. The van der Waals surface area contributed by atoms with Crippen molar-refractivity contribution in [2.45, 2.75) is 91.6 Å². The second-order valence-electron chi connectivity index (χ2n) is 15.7. The molecule has 0 aromatic heterocycles. The van der Waals surface area contributed by atoms with Gasteiger partial charge in [-0.15, -0.1) is 23.5 Å². The third kappa shape index (κ3) is 8.50. The molecule has 3 aromatic carbocycles. The fourth-order valence-electron chi connectivity index (χ4n) is 7.96. The van der Waals surface area contributed by atoms with E-state index in [4.69, 9.17) is 10.5 Å². The van der Waals surface area contributed by atoms with Gasteiger partial charge in [0.2, 0.25) is 11.8 Å². The zero-order valence-corrected chi connectivity index (χ0v) is 34.0. The maximum absolute atomic E-state index is 13.3. The number of nitrogens with zero attached hydrogens (tertiary/aromatic N) is 2. The maximum Gasteiger partial charge on any atom is 0.408 e. The van der Waals surface area contributed by atoms with E-state index in [1.165, 1.54) is 33.3 Å². The van der Waals surface area contributed by atoms with Gasteiger partial charge in [0, 0.05) is 23.8 Å². The summed E-state index contributed by atoms with van der Waals surface area (Å²) in [6, 6.07) is 23.5. The number of Topliss-reactive ketones (excluding diaryl/α,β-unsaturated/α-hetero) is 2. The van der Waals surface area contributed by atoms with E-state index < -0.39 is 63.5 Å². The molecule has 0 saturated carbocycles. The van der Waals surface area contributed by atoms with E-state index in [-0.39, 0.29) is 55.0 Å². The number of alkyl carbamates (subject to hydrolysis) is 1. The number of hydrogen-bond donors (Lipinski definition) is 4. The molecule has 0 unspecified atom stereocenters. The molecule has 0 radical (unpaired) electrons. The van der Waals surface area contributed by atoms with Crippen LogP contribution in [0.2, 0.25) is 0 Å². The van der Waals surface area contributed by atoms with Crippen LogP contribution >= 0.6 is 23.5 Å². The molecule has 58 heavy (non-hydrogen) atoms. The molecule has 4 saturated heterocycles. The number of nitrogens with two attached hydrogens (primary N) is 1. The quantitative estimate of drug-likeness (QED) is 0.167. The number of hydrogen-bond acceptors (Lipinski definition) is 11. The molecular weight excluding hydrogens is 785 g/mol. The smallest absolute Gasteiger partial charge is 0.408 e. The summed E-state index contributed by atoms with van der Waals surface area (Å²) in [4.78, 5) is 89.4. The van der Waals surface area contributed by atoms with Crippen molar-refractivity contribution < 1.29 is 49.9 Å². The predicted octanol–water partition coefficient (Wildman–Crippen LogP) is 5.03. The maximum atomic E-state index is 13.3. The molecule has 0 aliphatic carbocycles. The standard InChI is InChI=1S/C25H26N2O6S.C17H20N2O4S.H2/c1-25(2)20(23(30)31)27-21(29)17(22(27)34-25)13-18(28)19(16-11-7-4-8-12-16)26-24(32)33-14-15-9-5-3-6-10-15;1-17(2)13(16(22)23)19-14(21)10(15(19)24-17)8-11(20)12(18)9-6-4-3-5-7-9;/h3-12,17,19-20,22H,13-14H2,1-2H3,(H,26,32)(H,30,31);3-7,10,12-13,15H,8,18H2,1-2H3,(H,22,23);1H/t17-,19+,20+,22-;10-,12+,13+,15-;/m11./s1. The normalized spacial score (nSPS) is 25.7. The molecule has 4 aliphatic heterocycles. The van der Waals surface area contributed by atoms with Crippen LogP contribution in [0.4, 0.5) is 4.79 Å². The van der Waals surface area contributed by atoms with Crippen LogP contribution in [0.5, 0.6) is 0 Å². The summed E-state index contributed by atoms with van der Waals surface area (Å²) in [5, 5.41) is 21.0. The highest BCUT2D eigenvalue weighted by atomic mass is 32.2. The molecular formula is C42H48N4O10S2. The number of ketones is 2. The second-order valence-corrected chi connectivity index (χ2v) is 19.2. The van der Waals surface area contributed by atoms with Gasteiger partial charge >= 0.3 is 18.0 Å². The number of carboxylic acids is 2. The number of carbonyl (C=O) groups is 7. The van der Waals surface area contributed by atoms with E-state index in [1.807, 2.05) is 62.4 Å². The van der Waals surface area contributed by atoms with Crippen LogP contribution in [0.25, 0.3) is 0 Å². The summed E-state index contributed by atoms with van der Waals surface area (Å²) < 4.78 is 4.04. The molecule has 4 heterocycles. The largest absolute Gasteiger partial charge is 0.480 e. The average molecular weight is 833 g/mol. The van der Waals surface area contributed by atoms with Gasteiger partial charge in [-0.25, -0.2) is 14.4 Å². The fraction of sp³-hybridized carbons (Fsp3) is 0.405. The molecule has 7 rings (SSSR count). The van der Waals surface area contributed by atoms with Crippen LogP contribution in [0.1, 0.15) is 70.7 Å². The molecule has 5 N–H and O–H groups in total. The summed E-state index contributed by atoms with van der Waals surface area (Å²) in [6.45, 7) is 7.27. The Balaban J connectivity index is 0.000000233. The fourth-order valence-corrected chi connectivity index (χ4v) is 11.3. The number of thioether (sulfide) groups is 2. The first-order valence-electron chi connectivity index (χ1n) is 18.8. The first-order valence-corrected chi connectivity index (χ1v) is 20.5. The Morgan fingerprint density at radius 1 is 0.707 bits per heavy atom. The van der Waals surface area contributed by atoms with E-state index in [2.05, 4.69) is 5.32 Å². The van der Waals surface area contributed by atoms with Crippen LogP contribution in [0.15, 0.2) is 91.0 Å². The molecule has 0 spiro atoms. The predicted molar refractivity (Wildman–Crippen MR) is 218 cm³/mol. The van der Waals surface area contributed by atoms with E-state index in [9.17, 15) is 43.8 Å². The van der Waals surface area contributed by atoms with Crippen LogP contribution in [-0.4, -0.2) is 93.8 Å². The third-order valence-corrected chi connectivity index (χ3v) is 14.1. The Hall–Kier alpha value is -5.19. The number of carboxylic acid groups (broad SMARTS) is 2. The van der Waals surface area contributed by atoms with Gasteiger partial charge in [-0.1, -0.05) is 91.0 Å². The zero-order chi connectivity index (χ0) is 42.1. The molecule has 3 aromatic rings. The number of aliphatic carboxylic acids is 2. The van der Waals surface area contributed by atoms with E-state index >= 15 is 0 Å². The molecule has 8 atom stereocenters. The van der Waals surface area contributed by atoms with Crippen molar-refractivity contribution in [1.82, 2.24) is 15.1 Å². The van der Waals surface area contributed by atoms with Gasteiger partial charge in [0.15, 0.2) is 11.6 Å². The van der Waals surface area contributed by atoms with Gasteiger partial charge in [-0.3, -0.25) is 19.2 Å². The summed E-state index contributed by atoms with van der Waals surface area (Å²) in [7, 11) is 0. The number of fused-ring (bicyclic) bond motifs is 2. The van der Waals surface area contributed by atoms with Crippen LogP contribution in [0.3, 0.4) is 0 Å². The number of carbonyl (C=O) groups excluding carboxylic acids is 5. The van der Waals surface area contributed by atoms with E-state index in [0.29, 0.717) is 11.1 Å². The van der Waals surface area contributed by atoms with Crippen molar-refractivity contribution >= 4 is 64.9 Å². The minimum absolute atomic E-state index is 0. The zero-order valence-electron chi connectivity index (χ0n) is 32.3. The van der Waals surface area contributed by atoms with Crippen LogP contribution < -0.4 is 11.1 Å². The minimum atomic E-state index is -1.05. The van der Waals surface area contributed by atoms with Gasteiger partial charge in [0.25, 0.3) is 0 Å². The molecule has 16 heteroatoms. The highest BCUT2D eigenvalue weighted by Crippen LogP contribution is 2.55. The van der Waals surface area contributed by atoms with Gasteiger partial charge < -0.3 is 35.8 Å². The Labute approximate surface area is 345 Å². The van der Waals surface area contributed by atoms with Gasteiger partial charge in [-0.2, -0.15) is 0 Å². The van der Waals surface area contributed by atoms with Crippen molar-refractivity contribution in [3.05, 3.63) is 108 Å². The third-order valence-electron chi connectivity index (χ3n) is 10.8. The molecule has 3 amide bonds. The lowest BCUT2D eigenvalue weighted by atomic mass is 9.86. The highest BCUT2D eigenvalue weighted by Gasteiger charge is 2.65. The lowest BCUT2D eigenvalue weighted by Gasteiger charge is -2.43. The van der Waals surface area contributed by atoms with Gasteiger partial charge in [0.1, 0.15) is 24.7 Å². The minimum Gasteiger partial charge on any atom is -0.480 e. The first-order chi connectivity index (χ1) is 27.4. The van der Waals surface area contributed by atoms with Gasteiger partial charge in [0.05, 0.1) is 28.6 Å². The van der Waals surface area contributed by atoms with Crippen molar-refractivity contribution in [2.24, 2.45) is 17.6 Å². The van der Waals surface area contributed by atoms with E-state index in [0.717, 1.165) is 5.56 Å². The summed E-state index contributed by atoms with van der Waals surface area (Å²) in [5.41, 5.74) is 8.11. The Morgan fingerprint density at radius 2 is 1.12 bits per heavy atom. The molecule has 4 fully saturated rings. The Morgan fingerprint density at radius 3 is 1.57 bits per heavy atom. The first kappa shape index (κ1) is 42.4. The number of ether oxygens (including phenoxy) is 1. The molecule has 4 aliphatic rings. The van der Waals surface area contributed by atoms with Crippen LogP contribution in [-0.2, 0) is 40.1 Å². The van der Waals surface area contributed by atoms with Crippen molar-refractivity contribution in [3.63, 3.8) is 0 Å². The molecule has 308 valence electrons. The summed E-state index contributed by atoms with van der Waals surface area (Å²) in [5.74, 6) is -4.32. The number of nitrogens with one attached hydrogen (secondary N) is 1. The van der Waals surface area contributed by atoms with Crippen molar-refractivity contribution in [1.29, 1.82) is 0 Å². The summed E-state index contributed by atoms with van der Waals surface area (Å²) >= 11 is 2.84. The lowest BCUT2D eigenvalue weighted by Crippen LogP contribution is -2.63. The monoisotopic (exact) mass is 832 g/mol. The van der Waals surface area contributed by atoms with E-state index in [1.54, 1.807) is 56.3 Å². The van der Waals surface area contributed by atoms with Crippen molar-refractivity contribution in [2.75, 3.05) is 0 Å². The molecule has 14 nitrogen and oxygen atoms in total. The average Bonchev–Trinajstić information content (AvgIpc) is 3.62. The topological polar surface area (TPSA) is 214 Å². The molecule has 0 bridgehead atoms. The van der Waals surface area contributed by atoms with Gasteiger partial charge in [-0.05, 0) is 44.4 Å². The SMILES string of the molecule is CC1(C)S[C@@H]2[C@H](CC(=O)[C@@H](N)c3ccccc3)C(=O)N2[C@H]1C(=O)O.CC1(C)S[C@@H]2[C@H](CC(=O)[C@@H](NC(=O)OCc3ccccc3)c3ccccc3)C(=O)N2[C@H]1C(=O)O.[HH]. The number of rotatable bonds is 13. The number of β-lactam (4-membered cyclic amide) rings is 2. The Bertz CT molecular complexity index is 2080. The highest BCUT2D eigenvalue weighted by molar-refractivity contribution is 8.02.